The summed E-state index contributed by atoms with van der Waals surface area (Å²) in [5.74, 6) is -1.82. The van der Waals surface area contributed by atoms with Crippen molar-refractivity contribution in [2.75, 3.05) is 12.4 Å². The summed E-state index contributed by atoms with van der Waals surface area (Å²) < 4.78 is 23.2. The number of methoxy groups -OCH3 is 1. The standard InChI is InChI=1S/C14H18FNO5/c1-14(2,3)21-13(19)16-8-5-6-9(10(15)7-8)11(17)12(18)20-4/h5-7,11,17H,1-4H3,(H,16,19). The van der Waals surface area contributed by atoms with Gasteiger partial charge in [-0.3, -0.25) is 5.32 Å². The molecule has 0 saturated carbocycles. The number of aliphatic hydroxyl groups excluding tert-OH is 1. The molecule has 116 valence electrons. The Kier molecular flexibility index (Phi) is 5.26. The molecule has 0 radical (unpaired) electrons. The number of halogens is 1. The zero-order valence-electron chi connectivity index (χ0n) is 12.3. The van der Waals surface area contributed by atoms with Crippen LogP contribution in [0, 0.1) is 5.82 Å². The number of carbonyl (C=O) groups excluding carboxylic acids is 2. The van der Waals surface area contributed by atoms with Crippen LogP contribution in [0.3, 0.4) is 0 Å². The van der Waals surface area contributed by atoms with Gasteiger partial charge < -0.3 is 14.6 Å². The minimum absolute atomic E-state index is 0.141. The SMILES string of the molecule is COC(=O)C(O)c1ccc(NC(=O)OC(C)(C)C)cc1F. The maximum Gasteiger partial charge on any atom is 0.412 e. The minimum Gasteiger partial charge on any atom is -0.467 e. The summed E-state index contributed by atoms with van der Waals surface area (Å²) in [6.45, 7) is 5.09. The number of rotatable bonds is 3. The van der Waals surface area contributed by atoms with E-state index >= 15 is 0 Å². The van der Waals surface area contributed by atoms with Crippen molar-refractivity contribution in [1.82, 2.24) is 0 Å². The number of amides is 1. The van der Waals surface area contributed by atoms with Crippen LogP contribution in [0.2, 0.25) is 0 Å². The normalized spacial score (nSPS) is 12.5. The number of nitrogens with one attached hydrogen (secondary N) is 1. The lowest BCUT2D eigenvalue weighted by Crippen LogP contribution is -2.27. The van der Waals surface area contributed by atoms with Gasteiger partial charge in [-0.15, -0.1) is 0 Å². The molecule has 0 fully saturated rings. The second kappa shape index (κ2) is 6.53. The van der Waals surface area contributed by atoms with Gasteiger partial charge in [-0.25, -0.2) is 14.0 Å². The molecule has 1 atom stereocenters. The van der Waals surface area contributed by atoms with E-state index in [-0.39, 0.29) is 11.3 Å². The number of hydrogen-bond donors (Lipinski definition) is 2. The van der Waals surface area contributed by atoms with Gasteiger partial charge in [0.2, 0.25) is 0 Å². The molecular formula is C14H18FNO5. The predicted molar refractivity (Wildman–Crippen MR) is 73.2 cm³/mol. The van der Waals surface area contributed by atoms with Crippen molar-refractivity contribution in [2.45, 2.75) is 32.5 Å². The fourth-order valence-electron chi connectivity index (χ4n) is 1.49. The van der Waals surface area contributed by atoms with Crippen LogP contribution in [0.1, 0.15) is 32.4 Å². The number of carbonyl (C=O) groups is 2. The van der Waals surface area contributed by atoms with Gasteiger partial charge in [-0.1, -0.05) is 6.07 Å². The van der Waals surface area contributed by atoms with Crippen LogP contribution in [0.15, 0.2) is 18.2 Å². The number of esters is 1. The van der Waals surface area contributed by atoms with E-state index in [0.717, 1.165) is 13.2 Å². The van der Waals surface area contributed by atoms with E-state index in [0.29, 0.717) is 0 Å². The van der Waals surface area contributed by atoms with Gasteiger partial charge in [0.15, 0.2) is 6.10 Å². The van der Waals surface area contributed by atoms with E-state index in [1.807, 2.05) is 0 Å². The summed E-state index contributed by atoms with van der Waals surface area (Å²) in [6, 6.07) is 3.50. The van der Waals surface area contributed by atoms with Gasteiger partial charge in [0, 0.05) is 11.3 Å². The molecule has 0 aromatic heterocycles. The van der Waals surface area contributed by atoms with Crippen molar-refractivity contribution < 1.29 is 28.6 Å². The Balaban J connectivity index is 2.83. The lowest BCUT2D eigenvalue weighted by Gasteiger charge is -2.19. The summed E-state index contributed by atoms with van der Waals surface area (Å²) in [5.41, 5.74) is -0.775. The molecule has 0 aliphatic carbocycles. The maximum atomic E-state index is 13.8. The van der Waals surface area contributed by atoms with Crippen LogP contribution in [0.25, 0.3) is 0 Å². The van der Waals surface area contributed by atoms with E-state index in [1.165, 1.54) is 12.1 Å². The number of anilines is 1. The molecule has 2 N–H and O–H groups in total. The molecular weight excluding hydrogens is 281 g/mol. The summed E-state index contributed by atoms with van der Waals surface area (Å²) in [6.07, 6.45) is -2.45. The van der Waals surface area contributed by atoms with Crippen LogP contribution in [-0.2, 0) is 14.3 Å². The molecule has 7 heteroatoms. The monoisotopic (exact) mass is 299 g/mol. The first-order chi connectivity index (χ1) is 9.64. The molecule has 0 aliphatic heterocycles. The van der Waals surface area contributed by atoms with E-state index in [1.54, 1.807) is 20.8 Å². The Bertz CT molecular complexity index is 539. The maximum absolute atomic E-state index is 13.8. The van der Waals surface area contributed by atoms with Crippen molar-refractivity contribution in [2.24, 2.45) is 0 Å². The lowest BCUT2D eigenvalue weighted by atomic mass is 10.1. The molecule has 0 saturated heterocycles. The number of ether oxygens (including phenoxy) is 2. The van der Waals surface area contributed by atoms with Crippen LogP contribution >= 0.6 is 0 Å². The summed E-state index contributed by atoms with van der Waals surface area (Å²) in [5, 5.41) is 11.9. The Morgan fingerprint density at radius 1 is 1.33 bits per heavy atom. The minimum atomic E-state index is -1.72. The average molecular weight is 299 g/mol. The molecule has 1 unspecified atom stereocenters. The highest BCUT2D eigenvalue weighted by atomic mass is 19.1. The average Bonchev–Trinajstić information content (AvgIpc) is 2.34. The summed E-state index contributed by atoms with van der Waals surface area (Å²) in [4.78, 5) is 22.7. The fourth-order valence-corrected chi connectivity index (χ4v) is 1.49. The Hall–Kier alpha value is -2.15. The molecule has 1 aromatic carbocycles. The molecule has 21 heavy (non-hydrogen) atoms. The first kappa shape index (κ1) is 16.9. The number of aliphatic hydroxyl groups is 1. The first-order valence-electron chi connectivity index (χ1n) is 6.19. The van der Waals surface area contributed by atoms with E-state index in [9.17, 15) is 19.1 Å². The molecule has 0 spiro atoms. The summed E-state index contributed by atoms with van der Waals surface area (Å²) in [7, 11) is 1.09. The topological polar surface area (TPSA) is 84.9 Å². The van der Waals surface area contributed by atoms with Crippen molar-refractivity contribution in [3.8, 4) is 0 Å². The molecule has 0 bridgehead atoms. The molecule has 1 rings (SSSR count). The van der Waals surface area contributed by atoms with Crippen LogP contribution in [0.4, 0.5) is 14.9 Å². The van der Waals surface area contributed by atoms with Crippen molar-refractivity contribution in [3.05, 3.63) is 29.6 Å². The van der Waals surface area contributed by atoms with Gasteiger partial charge in [-0.05, 0) is 32.9 Å². The van der Waals surface area contributed by atoms with Crippen LogP contribution in [0.5, 0.6) is 0 Å². The Labute approximate surface area is 121 Å². The largest absolute Gasteiger partial charge is 0.467 e. The van der Waals surface area contributed by atoms with Gasteiger partial charge in [-0.2, -0.15) is 0 Å². The van der Waals surface area contributed by atoms with Crippen molar-refractivity contribution in [3.63, 3.8) is 0 Å². The van der Waals surface area contributed by atoms with E-state index < -0.39 is 29.6 Å². The third-order valence-electron chi connectivity index (χ3n) is 2.36. The van der Waals surface area contributed by atoms with Crippen molar-refractivity contribution in [1.29, 1.82) is 0 Å². The Morgan fingerprint density at radius 2 is 1.95 bits per heavy atom. The highest BCUT2D eigenvalue weighted by Gasteiger charge is 2.22. The van der Waals surface area contributed by atoms with Crippen LogP contribution in [-0.4, -0.2) is 29.9 Å². The molecule has 1 amide bonds. The van der Waals surface area contributed by atoms with Gasteiger partial charge in [0.05, 0.1) is 7.11 Å². The predicted octanol–water partition coefficient (Wildman–Crippen LogP) is 2.38. The summed E-state index contributed by atoms with van der Waals surface area (Å²) >= 11 is 0. The van der Waals surface area contributed by atoms with Crippen molar-refractivity contribution >= 4 is 17.7 Å². The highest BCUT2D eigenvalue weighted by molar-refractivity contribution is 5.85. The van der Waals surface area contributed by atoms with Gasteiger partial charge in [0.1, 0.15) is 11.4 Å². The third kappa shape index (κ3) is 5.03. The molecule has 6 nitrogen and oxygen atoms in total. The zero-order chi connectivity index (χ0) is 16.2. The third-order valence-corrected chi connectivity index (χ3v) is 2.36. The van der Waals surface area contributed by atoms with Gasteiger partial charge >= 0.3 is 12.1 Å². The quantitative estimate of drug-likeness (QED) is 0.837. The smallest absolute Gasteiger partial charge is 0.412 e. The first-order valence-corrected chi connectivity index (χ1v) is 6.19. The van der Waals surface area contributed by atoms with E-state index in [2.05, 4.69) is 10.1 Å². The Morgan fingerprint density at radius 3 is 2.43 bits per heavy atom. The number of benzene rings is 1. The molecule has 1 aromatic rings. The highest BCUT2D eigenvalue weighted by Crippen LogP contribution is 2.22. The van der Waals surface area contributed by atoms with Crippen LogP contribution < -0.4 is 5.32 Å². The fraction of sp³-hybridized carbons (Fsp3) is 0.429. The second-order valence-corrected chi connectivity index (χ2v) is 5.29. The number of hydrogen-bond acceptors (Lipinski definition) is 5. The van der Waals surface area contributed by atoms with Gasteiger partial charge in [0.25, 0.3) is 0 Å². The second-order valence-electron chi connectivity index (χ2n) is 5.29. The zero-order valence-corrected chi connectivity index (χ0v) is 12.3. The molecule has 0 aliphatic rings. The van der Waals surface area contributed by atoms with E-state index in [4.69, 9.17) is 4.74 Å². The molecule has 0 heterocycles. The lowest BCUT2D eigenvalue weighted by molar-refractivity contribution is -0.150.